The Balaban J connectivity index is 1.81. The Morgan fingerprint density at radius 1 is 1.26 bits per heavy atom. The molecule has 1 N–H and O–H groups in total. The molecule has 4 fully saturated rings. The Kier molecular flexibility index (Phi) is 3.21. The van der Waals surface area contributed by atoms with Gasteiger partial charge in [0.25, 0.3) is 0 Å². The van der Waals surface area contributed by atoms with E-state index >= 15 is 0 Å². The molecule has 7 heteroatoms. The second-order valence-electron chi connectivity index (χ2n) is 9.59. The van der Waals surface area contributed by atoms with Crippen molar-refractivity contribution in [3.05, 3.63) is 11.6 Å². The van der Waals surface area contributed by atoms with E-state index in [1.807, 2.05) is 13.0 Å². The van der Waals surface area contributed by atoms with Crippen LogP contribution in [0.1, 0.15) is 34.1 Å². The van der Waals surface area contributed by atoms with Crippen molar-refractivity contribution in [2.24, 2.45) is 34.5 Å². The van der Waals surface area contributed by atoms with Crippen molar-refractivity contribution in [1.82, 2.24) is 0 Å². The predicted molar refractivity (Wildman–Crippen MR) is 97.0 cm³/mol. The SMILES string of the molecule is CC1=C[C@@]23C(=O)[C@H]([C@H]4[C@@H](C[C@H]2C)C4(C)C)[C@@H](Br)C(=O)[C@@H](O)[C@@]32OC(=O)O[C@@H]12. The van der Waals surface area contributed by atoms with Gasteiger partial charge in [0.1, 0.15) is 0 Å². The normalized spacial score (nSPS) is 54.7. The van der Waals surface area contributed by atoms with Crippen molar-refractivity contribution in [3.63, 3.8) is 0 Å². The van der Waals surface area contributed by atoms with Crippen LogP contribution >= 0.6 is 15.9 Å². The highest BCUT2D eigenvalue weighted by molar-refractivity contribution is 9.10. The summed E-state index contributed by atoms with van der Waals surface area (Å²) >= 11 is 3.44. The number of fused-ring (bicyclic) bond motifs is 3. The van der Waals surface area contributed by atoms with Crippen LogP contribution in [0.3, 0.4) is 0 Å². The number of rotatable bonds is 0. The maximum absolute atomic E-state index is 14.1. The van der Waals surface area contributed by atoms with E-state index in [0.717, 1.165) is 6.42 Å². The fourth-order valence-electron chi connectivity index (χ4n) is 6.95. The molecule has 3 saturated carbocycles. The van der Waals surface area contributed by atoms with Gasteiger partial charge in [-0.2, -0.15) is 0 Å². The lowest BCUT2D eigenvalue weighted by molar-refractivity contribution is -0.168. The minimum atomic E-state index is -1.70. The summed E-state index contributed by atoms with van der Waals surface area (Å²) in [7, 11) is 0. The van der Waals surface area contributed by atoms with E-state index in [2.05, 4.69) is 29.8 Å². The van der Waals surface area contributed by atoms with Crippen LogP contribution in [0.2, 0.25) is 0 Å². The molecular formula is C20H23BrO6. The van der Waals surface area contributed by atoms with Crippen LogP contribution in [0.25, 0.3) is 0 Å². The first-order valence-corrected chi connectivity index (χ1v) is 10.4. The average Bonchev–Trinajstić information content (AvgIpc) is 2.90. The van der Waals surface area contributed by atoms with Gasteiger partial charge in [-0.15, -0.1) is 0 Å². The maximum Gasteiger partial charge on any atom is 0.509 e. The standard InChI is InChI=1S/C20H23BrO6/c1-7-6-19-8(2)5-9-11(18(9,3)4)10(14(19)23)12(21)13(22)15(24)20(19)16(7)26-17(25)27-20/h6,8-12,15-16,24H,5H2,1-4H3/t8-,9-,10-,11-,12-,15-,16+,19+,20+/m1/s1. The minimum Gasteiger partial charge on any atom is -0.422 e. The van der Waals surface area contributed by atoms with Gasteiger partial charge in [-0.05, 0) is 42.1 Å². The molecule has 6 nitrogen and oxygen atoms in total. The van der Waals surface area contributed by atoms with Gasteiger partial charge in [-0.25, -0.2) is 4.79 Å². The Bertz CT molecular complexity index is 832. The van der Waals surface area contributed by atoms with Crippen molar-refractivity contribution in [2.75, 3.05) is 0 Å². The molecule has 27 heavy (non-hydrogen) atoms. The zero-order valence-corrected chi connectivity index (χ0v) is 17.3. The average molecular weight is 439 g/mol. The highest BCUT2D eigenvalue weighted by Crippen LogP contribution is 2.73. The van der Waals surface area contributed by atoms with Crippen LogP contribution in [0.15, 0.2) is 11.6 Å². The zero-order chi connectivity index (χ0) is 19.7. The zero-order valence-electron chi connectivity index (χ0n) is 15.7. The fraction of sp³-hybridized carbons (Fsp3) is 0.750. The number of halogens is 1. The van der Waals surface area contributed by atoms with Crippen molar-refractivity contribution in [2.45, 2.75) is 56.8 Å². The van der Waals surface area contributed by atoms with E-state index in [-0.39, 0.29) is 23.0 Å². The molecule has 9 atom stereocenters. The van der Waals surface area contributed by atoms with E-state index in [0.29, 0.717) is 11.5 Å². The third kappa shape index (κ3) is 1.67. The van der Waals surface area contributed by atoms with Crippen LogP contribution in [-0.2, 0) is 19.1 Å². The summed E-state index contributed by atoms with van der Waals surface area (Å²) in [5.41, 5.74) is -2.33. The van der Waals surface area contributed by atoms with E-state index in [4.69, 9.17) is 9.47 Å². The number of hydrogen-bond acceptors (Lipinski definition) is 6. The first-order valence-electron chi connectivity index (χ1n) is 9.51. The summed E-state index contributed by atoms with van der Waals surface area (Å²) in [4.78, 5) is 38.6. The number of carbonyl (C=O) groups is 3. The molecule has 0 aromatic heterocycles. The summed E-state index contributed by atoms with van der Waals surface area (Å²) in [6, 6.07) is 0. The molecule has 146 valence electrons. The summed E-state index contributed by atoms with van der Waals surface area (Å²) in [6.45, 7) is 8.01. The number of alkyl halides is 1. The Morgan fingerprint density at radius 2 is 1.93 bits per heavy atom. The van der Waals surface area contributed by atoms with Gasteiger partial charge in [0, 0.05) is 5.92 Å². The molecule has 0 unspecified atom stereocenters. The van der Waals surface area contributed by atoms with Crippen LogP contribution in [0, 0.1) is 34.5 Å². The molecule has 1 saturated heterocycles. The number of Topliss-reactive ketones (excluding diaryl/α,β-unsaturated/α-hetero) is 2. The van der Waals surface area contributed by atoms with E-state index in [9.17, 15) is 19.5 Å². The lowest BCUT2D eigenvalue weighted by atomic mass is 9.59. The highest BCUT2D eigenvalue weighted by Gasteiger charge is 2.82. The quantitative estimate of drug-likeness (QED) is 0.354. The third-order valence-corrected chi connectivity index (χ3v) is 9.28. The molecule has 0 amide bonds. The molecular weight excluding hydrogens is 416 g/mol. The first-order chi connectivity index (χ1) is 12.5. The van der Waals surface area contributed by atoms with Gasteiger partial charge in [0.2, 0.25) is 5.60 Å². The minimum absolute atomic E-state index is 0.0371. The maximum atomic E-state index is 14.1. The summed E-state index contributed by atoms with van der Waals surface area (Å²) in [6.07, 6.45) is -0.879. The van der Waals surface area contributed by atoms with Crippen molar-refractivity contribution in [3.8, 4) is 0 Å². The molecule has 5 rings (SSSR count). The Hall–Kier alpha value is -1.21. The number of hydrogen-bond donors (Lipinski definition) is 1. The number of ketones is 2. The molecule has 1 aliphatic heterocycles. The van der Waals surface area contributed by atoms with Crippen LogP contribution in [-0.4, -0.2) is 45.5 Å². The Labute approximate surface area is 165 Å². The molecule has 2 spiro atoms. The largest absolute Gasteiger partial charge is 0.509 e. The van der Waals surface area contributed by atoms with Gasteiger partial charge < -0.3 is 14.6 Å². The molecule has 0 radical (unpaired) electrons. The van der Waals surface area contributed by atoms with Crippen molar-refractivity contribution < 1.29 is 29.0 Å². The lowest BCUT2D eigenvalue weighted by Crippen LogP contribution is -2.64. The van der Waals surface area contributed by atoms with Crippen LogP contribution in [0.5, 0.6) is 0 Å². The van der Waals surface area contributed by atoms with Crippen LogP contribution in [0.4, 0.5) is 4.79 Å². The predicted octanol–water partition coefficient (Wildman–Crippen LogP) is 2.41. The highest BCUT2D eigenvalue weighted by atomic mass is 79.9. The monoisotopic (exact) mass is 438 g/mol. The summed E-state index contributed by atoms with van der Waals surface area (Å²) in [5, 5.41) is 11.2. The number of aliphatic hydroxyl groups is 1. The van der Waals surface area contributed by atoms with E-state index in [1.165, 1.54) is 0 Å². The smallest absolute Gasteiger partial charge is 0.422 e. The number of ether oxygens (including phenoxy) is 2. The molecule has 1 heterocycles. The second-order valence-corrected chi connectivity index (χ2v) is 10.6. The fourth-order valence-corrected chi connectivity index (χ4v) is 7.77. The van der Waals surface area contributed by atoms with Gasteiger partial charge >= 0.3 is 6.16 Å². The number of carbonyl (C=O) groups excluding carboxylic acids is 3. The van der Waals surface area contributed by atoms with E-state index in [1.54, 1.807) is 6.92 Å². The lowest BCUT2D eigenvalue weighted by Gasteiger charge is -2.45. The van der Waals surface area contributed by atoms with Crippen molar-refractivity contribution in [1.29, 1.82) is 0 Å². The van der Waals surface area contributed by atoms with Gasteiger partial charge in [0.05, 0.1) is 10.2 Å². The molecule has 4 aliphatic carbocycles. The van der Waals surface area contributed by atoms with Gasteiger partial charge in [-0.3, -0.25) is 9.59 Å². The van der Waals surface area contributed by atoms with E-state index < -0.39 is 45.9 Å². The molecule has 0 aromatic carbocycles. The number of aliphatic hydroxyl groups excluding tert-OH is 1. The van der Waals surface area contributed by atoms with Crippen LogP contribution < -0.4 is 0 Å². The molecule has 0 aromatic rings. The Morgan fingerprint density at radius 3 is 2.59 bits per heavy atom. The van der Waals surface area contributed by atoms with Gasteiger partial charge in [0.15, 0.2) is 23.8 Å². The molecule has 5 aliphatic rings. The second kappa shape index (κ2) is 4.85. The third-order valence-electron chi connectivity index (χ3n) is 8.26. The van der Waals surface area contributed by atoms with Gasteiger partial charge in [-0.1, -0.05) is 42.8 Å². The first kappa shape index (κ1) is 17.9. The summed E-state index contributed by atoms with van der Waals surface area (Å²) in [5.74, 6) is -0.991. The topological polar surface area (TPSA) is 89.9 Å². The van der Waals surface area contributed by atoms with Crippen molar-refractivity contribution >= 4 is 33.7 Å². The molecule has 2 bridgehead atoms. The summed E-state index contributed by atoms with van der Waals surface area (Å²) < 4.78 is 11.0.